The molecule has 0 aliphatic rings. The minimum atomic E-state index is -0.535. The number of alkyl carbamates (subject to hydrolysis) is 2. The molecule has 0 aromatic heterocycles. The molecule has 0 spiro atoms. The molecule has 0 bridgehead atoms. The fraction of sp³-hybridized carbons (Fsp3) is 0.652. The van der Waals surface area contributed by atoms with Gasteiger partial charge in [-0.3, -0.25) is 0 Å². The topological polar surface area (TPSA) is 96.9 Å². The first-order valence-corrected chi connectivity index (χ1v) is 10.5. The van der Waals surface area contributed by atoms with E-state index in [2.05, 4.69) is 16.7 Å². The van der Waals surface area contributed by atoms with Crippen LogP contribution in [0.3, 0.4) is 0 Å². The number of carbonyl (C=O) groups is 2. The summed E-state index contributed by atoms with van der Waals surface area (Å²) in [6.45, 7) is 12.0. The lowest BCUT2D eigenvalue weighted by molar-refractivity contribution is 0.0516. The van der Waals surface area contributed by atoms with Crippen molar-refractivity contribution in [1.82, 2.24) is 10.6 Å². The zero-order valence-corrected chi connectivity index (χ0v) is 19.3. The van der Waals surface area contributed by atoms with Crippen LogP contribution in [0.4, 0.5) is 9.59 Å². The standard InChI is InChI=1S/C23H38N2O5/c1-22(2,3)29-20(27)24-13-11-18-10-9-17(8-7-15-26)16-19(18)12-14-25-21(28)30-23(4,5)6/h9-10,16,26H,7-8,11-15H2,1-6H3,(H,24,27)(H,25,28). The third kappa shape index (κ3) is 11.7. The Balaban J connectivity index is 2.70. The van der Waals surface area contributed by atoms with Crippen LogP contribution in [0.15, 0.2) is 18.2 Å². The number of benzene rings is 1. The smallest absolute Gasteiger partial charge is 0.407 e. The van der Waals surface area contributed by atoms with Gasteiger partial charge in [0.2, 0.25) is 0 Å². The van der Waals surface area contributed by atoms with Crippen molar-refractivity contribution in [2.24, 2.45) is 0 Å². The monoisotopic (exact) mass is 422 g/mol. The molecule has 2 amide bonds. The van der Waals surface area contributed by atoms with Gasteiger partial charge in [0.15, 0.2) is 0 Å². The van der Waals surface area contributed by atoms with Gasteiger partial charge < -0.3 is 25.2 Å². The highest BCUT2D eigenvalue weighted by Crippen LogP contribution is 2.16. The predicted molar refractivity (Wildman–Crippen MR) is 118 cm³/mol. The Labute approximate surface area is 180 Å². The summed E-state index contributed by atoms with van der Waals surface area (Å²) in [6, 6.07) is 6.20. The molecule has 0 aliphatic carbocycles. The summed E-state index contributed by atoms with van der Waals surface area (Å²) in [4.78, 5) is 23.7. The number of hydrogen-bond acceptors (Lipinski definition) is 5. The maximum Gasteiger partial charge on any atom is 0.407 e. The Morgan fingerprint density at radius 2 is 1.33 bits per heavy atom. The second kappa shape index (κ2) is 11.8. The molecule has 0 saturated carbocycles. The number of aryl methyl sites for hydroxylation is 1. The fourth-order valence-electron chi connectivity index (χ4n) is 2.82. The number of rotatable bonds is 9. The minimum absolute atomic E-state index is 0.150. The van der Waals surface area contributed by atoms with Crippen molar-refractivity contribution in [3.05, 3.63) is 34.9 Å². The van der Waals surface area contributed by atoms with Crippen LogP contribution < -0.4 is 10.6 Å². The average molecular weight is 423 g/mol. The highest BCUT2D eigenvalue weighted by Gasteiger charge is 2.17. The van der Waals surface area contributed by atoms with Gasteiger partial charge in [0.05, 0.1) is 0 Å². The normalized spacial score (nSPS) is 11.7. The van der Waals surface area contributed by atoms with Gasteiger partial charge in [0.25, 0.3) is 0 Å². The summed E-state index contributed by atoms with van der Waals surface area (Å²) < 4.78 is 10.5. The third-order valence-corrected chi connectivity index (χ3v) is 4.02. The first-order chi connectivity index (χ1) is 13.9. The first-order valence-electron chi connectivity index (χ1n) is 10.5. The SMILES string of the molecule is CC(C)(C)OC(=O)NCCc1ccc(CCCO)cc1CCNC(=O)OC(C)(C)C. The van der Waals surface area contributed by atoms with Gasteiger partial charge in [0, 0.05) is 19.7 Å². The van der Waals surface area contributed by atoms with Gasteiger partial charge in [-0.25, -0.2) is 9.59 Å². The molecule has 30 heavy (non-hydrogen) atoms. The number of nitrogens with one attached hydrogen (secondary N) is 2. The summed E-state index contributed by atoms with van der Waals surface area (Å²) >= 11 is 0. The van der Waals surface area contributed by atoms with E-state index in [1.165, 1.54) is 0 Å². The summed E-state index contributed by atoms with van der Waals surface area (Å²) in [6.07, 6.45) is 1.92. The molecular formula is C23H38N2O5. The van der Waals surface area contributed by atoms with E-state index in [-0.39, 0.29) is 6.61 Å². The van der Waals surface area contributed by atoms with E-state index in [4.69, 9.17) is 14.6 Å². The molecule has 0 unspecified atom stereocenters. The highest BCUT2D eigenvalue weighted by molar-refractivity contribution is 5.68. The molecule has 0 heterocycles. The molecule has 1 aromatic rings. The quantitative estimate of drug-likeness (QED) is 0.563. The maximum atomic E-state index is 11.9. The van der Waals surface area contributed by atoms with Crippen LogP contribution in [0.5, 0.6) is 0 Å². The van der Waals surface area contributed by atoms with E-state index >= 15 is 0 Å². The van der Waals surface area contributed by atoms with Gasteiger partial charge in [-0.1, -0.05) is 18.2 Å². The van der Waals surface area contributed by atoms with Crippen LogP contribution in [0.2, 0.25) is 0 Å². The number of aliphatic hydroxyl groups is 1. The number of amides is 2. The molecule has 0 radical (unpaired) electrons. The Morgan fingerprint density at radius 3 is 1.80 bits per heavy atom. The zero-order valence-electron chi connectivity index (χ0n) is 19.3. The van der Waals surface area contributed by atoms with Crippen molar-refractivity contribution in [3.8, 4) is 0 Å². The molecule has 0 atom stereocenters. The molecule has 0 fully saturated rings. The van der Waals surface area contributed by atoms with Crippen molar-refractivity contribution in [2.45, 2.75) is 78.4 Å². The van der Waals surface area contributed by atoms with E-state index in [1.54, 1.807) is 0 Å². The Bertz CT molecular complexity index is 690. The van der Waals surface area contributed by atoms with Crippen molar-refractivity contribution >= 4 is 12.2 Å². The Kier molecular flexibility index (Phi) is 10.1. The predicted octanol–water partition coefficient (Wildman–Crippen LogP) is 3.75. The fourth-order valence-corrected chi connectivity index (χ4v) is 2.82. The average Bonchev–Trinajstić information content (AvgIpc) is 2.58. The van der Waals surface area contributed by atoms with E-state index in [1.807, 2.05) is 53.7 Å². The number of aliphatic hydroxyl groups excluding tert-OH is 1. The van der Waals surface area contributed by atoms with Crippen molar-refractivity contribution in [1.29, 1.82) is 0 Å². The van der Waals surface area contributed by atoms with Crippen LogP contribution in [0.25, 0.3) is 0 Å². The Hall–Kier alpha value is -2.28. The lowest BCUT2D eigenvalue weighted by atomic mass is 9.97. The van der Waals surface area contributed by atoms with Gasteiger partial charge in [-0.2, -0.15) is 0 Å². The van der Waals surface area contributed by atoms with Crippen LogP contribution >= 0.6 is 0 Å². The molecule has 0 aliphatic heterocycles. The second-order valence-electron chi connectivity index (χ2n) is 9.29. The maximum absolute atomic E-state index is 11.9. The lowest BCUT2D eigenvalue weighted by Crippen LogP contribution is -2.34. The van der Waals surface area contributed by atoms with Gasteiger partial charge in [0.1, 0.15) is 11.2 Å². The van der Waals surface area contributed by atoms with Crippen LogP contribution in [-0.4, -0.2) is 48.2 Å². The molecule has 7 heteroatoms. The molecule has 1 aromatic carbocycles. The van der Waals surface area contributed by atoms with E-state index in [0.29, 0.717) is 32.4 Å². The number of carbonyl (C=O) groups excluding carboxylic acids is 2. The summed E-state index contributed by atoms with van der Waals surface area (Å²) in [5.41, 5.74) is 2.28. The molecule has 3 N–H and O–H groups in total. The van der Waals surface area contributed by atoms with E-state index in [0.717, 1.165) is 23.1 Å². The van der Waals surface area contributed by atoms with E-state index < -0.39 is 23.4 Å². The molecule has 170 valence electrons. The van der Waals surface area contributed by atoms with Gasteiger partial charge >= 0.3 is 12.2 Å². The second-order valence-corrected chi connectivity index (χ2v) is 9.29. The summed E-state index contributed by atoms with van der Waals surface area (Å²) in [5, 5.41) is 14.6. The third-order valence-electron chi connectivity index (χ3n) is 4.02. The molecule has 0 saturated heterocycles. The van der Waals surface area contributed by atoms with Gasteiger partial charge in [-0.15, -0.1) is 0 Å². The first kappa shape index (κ1) is 25.8. The van der Waals surface area contributed by atoms with Crippen molar-refractivity contribution in [2.75, 3.05) is 19.7 Å². The largest absolute Gasteiger partial charge is 0.444 e. The van der Waals surface area contributed by atoms with Crippen molar-refractivity contribution in [3.63, 3.8) is 0 Å². The van der Waals surface area contributed by atoms with E-state index in [9.17, 15) is 9.59 Å². The number of hydrogen-bond donors (Lipinski definition) is 3. The lowest BCUT2D eigenvalue weighted by Gasteiger charge is -2.20. The summed E-state index contributed by atoms with van der Waals surface area (Å²) in [5.74, 6) is 0. The molecule has 7 nitrogen and oxygen atoms in total. The van der Waals surface area contributed by atoms with Gasteiger partial charge in [-0.05, 0) is 83.9 Å². The summed E-state index contributed by atoms with van der Waals surface area (Å²) in [7, 11) is 0. The molecule has 1 rings (SSSR count). The van der Waals surface area contributed by atoms with Crippen LogP contribution in [0, 0.1) is 0 Å². The Morgan fingerprint density at radius 1 is 0.833 bits per heavy atom. The molecular weight excluding hydrogens is 384 g/mol. The number of ether oxygens (including phenoxy) is 2. The highest BCUT2D eigenvalue weighted by atomic mass is 16.6. The van der Waals surface area contributed by atoms with Crippen LogP contribution in [-0.2, 0) is 28.7 Å². The van der Waals surface area contributed by atoms with Crippen LogP contribution in [0.1, 0.15) is 64.7 Å². The zero-order chi connectivity index (χ0) is 22.8. The van der Waals surface area contributed by atoms with Crippen molar-refractivity contribution < 1.29 is 24.2 Å². The minimum Gasteiger partial charge on any atom is -0.444 e.